The maximum Gasteiger partial charge on any atom is 0.0663 e. The minimum atomic E-state index is 0.0109. The van der Waals surface area contributed by atoms with E-state index in [0.29, 0.717) is 18.6 Å². The first kappa shape index (κ1) is 12.6. The van der Waals surface area contributed by atoms with Crippen molar-refractivity contribution >= 4 is 0 Å². The molecule has 0 bridgehead atoms. The molecule has 2 heteroatoms. The summed E-state index contributed by atoms with van der Waals surface area (Å²) in [7, 11) is 0. The van der Waals surface area contributed by atoms with E-state index in [1.165, 1.54) is 30.4 Å². The van der Waals surface area contributed by atoms with E-state index in [2.05, 4.69) is 38.1 Å². The topological polar surface area (TPSA) is 35.2 Å². The molecule has 1 fully saturated rings. The summed E-state index contributed by atoms with van der Waals surface area (Å²) in [6.45, 7) is 5.05. The summed E-state index contributed by atoms with van der Waals surface area (Å²) in [5.74, 6) is 0.575. The zero-order valence-electron chi connectivity index (χ0n) is 10.9. The Balaban J connectivity index is 1.86. The van der Waals surface area contributed by atoms with Gasteiger partial charge in [-0.2, -0.15) is 0 Å². The third kappa shape index (κ3) is 3.30. The third-order valence-electron chi connectivity index (χ3n) is 3.59. The summed E-state index contributed by atoms with van der Waals surface area (Å²) in [6, 6.07) is 8.61. The quantitative estimate of drug-likeness (QED) is 0.846. The SMILES string of the molecule is CC(C)c1ccc(C(N)COC2CCC2)cc1. The van der Waals surface area contributed by atoms with Crippen LogP contribution in [0.15, 0.2) is 24.3 Å². The standard InChI is InChI=1S/C15H23NO/c1-11(2)12-6-8-13(9-7-12)15(16)10-17-14-4-3-5-14/h6-9,11,14-15H,3-5,10,16H2,1-2H3. The second-order valence-electron chi connectivity index (χ2n) is 5.31. The van der Waals surface area contributed by atoms with Gasteiger partial charge in [-0.25, -0.2) is 0 Å². The van der Waals surface area contributed by atoms with E-state index in [9.17, 15) is 0 Å². The normalized spacial score (nSPS) is 18.1. The monoisotopic (exact) mass is 233 g/mol. The Kier molecular flexibility index (Phi) is 4.19. The summed E-state index contributed by atoms with van der Waals surface area (Å²) in [4.78, 5) is 0. The summed E-state index contributed by atoms with van der Waals surface area (Å²) in [5, 5.41) is 0. The highest BCUT2D eigenvalue weighted by molar-refractivity contribution is 5.26. The fourth-order valence-corrected chi connectivity index (χ4v) is 2.00. The van der Waals surface area contributed by atoms with Crippen molar-refractivity contribution in [2.75, 3.05) is 6.61 Å². The predicted octanol–water partition coefficient (Wildman–Crippen LogP) is 3.38. The number of benzene rings is 1. The Labute approximate surface area is 104 Å². The van der Waals surface area contributed by atoms with Crippen LogP contribution in [-0.4, -0.2) is 12.7 Å². The van der Waals surface area contributed by atoms with Gasteiger partial charge < -0.3 is 10.5 Å². The van der Waals surface area contributed by atoms with Crippen LogP contribution in [0.25, 0.3) is 0 Å². The maximum absolute atomic E-state index is 6.12. The van der Waals surface area contributed by atoms with Crippen molar-refractivity contribution in [3.8, 4) is 0 Å². The summed E-state index contributed by atoms with van der Waals surface area (Å²) >= 11 is 0. The van der Waals surface area contributed by atoms with Crippen LogP contribution in [-0.2, 0) is 4.74 Å². The van der Waals surface area contributed by atoms with Crippen molar-refractivity contribution in [2.24, 2.45) is 5.73 Å². The highest BCUT2D eigenvalue weighted by Crippen LogP contribution is 2.24. The molecule has 1 aliphatic rings. The number of hydrogen-bond acceptors (Lipinski definition) is 2. The van der Waals surface area contributed by atoms with Gasteiger partial charge in [-0.3, -0.25) is 0 Å². The van der Waals surface area contributed by atoms with Gasteiger partial charge in [0.15, 0.2) is 0 Å². The molecule has 1 saturated carbocycles. The van der Waals surface area contributed by atoms with E-state index in [1.807, 2.05) is 0 Å². The molecule has 17 heavy (non-hydrogen) atoms. The molecule has 2 N–H and O–H groups in total. The minimum Gasteiger partial charge on any atom is -0.376 e. The molecule has 1 aromatic carbocycles. The van der Waals surface area contributed by atoms with Crippen LogP contribution in [0.5, 0.6) is 0 Å². The zero-order chi connectivity index (χ0) is 12.3. The van der Waals surface area contributed by atoms with E-state index < -0.39 is 0 Å². The molecule has 1 aromatic rings. The Bertz CT molecular complexity index is 340. The van der Waals surface area contributed by atoms with E-state index in [0.717, 1.165) is 0 Å². The Hall–Kier alpha value is -0.860. The molecule has 0 aliphatic heterocycles. The van der Waals surface area contributed by atoms with Crippen LogP contribution in [0.1, 0.15) is 56.2 Å². The van der Waals surface area contributed by atoms with Crippen LogP contribution in [0, 0.1) is 0 Å². The molecule has 2 rings (SSSR count). The number of hydrogen-bond donors (Lipinski definition) is 1. The largest absolute Gasteiger partial charge is 0.376 e. The first-order valence-corrected chi connectivity index (χ1v) is 6.64. The number of ether oxygens (including phenoxy) is 1. The van der Waals surface area contributed by atoms with Gasteiger partial charge in [0.05, 0.1) is 18.8 Å². The Morgan fingerprint density at radius 3 is 2.24 bits per heavy atom. The summed E-state index contributed by atoms with van der Waals surface area (Å²) in [5.41, 5.74) is 8.66. The van der Waals surface area contributed by atoms with Gasteiger partial charge in [0, 0.05) is 0 Å². The second kappa shape index (κ2) is 5.65. The lowest BCUT2D eigenvalue weighted by atomic mass is 9.96. The summed E-state index contributed by atoms with van der Waals surface area (Å²) < 4.78 is 5.75. The molecule has 1 atom stereocenters. The minimum absolute atomic E-state index is 0.0109. The zero-order valence-corrected chi connectivity index (χ0v) is 10.9. The van der Waals surface area contributed by atoms with Crippen LogP contribution in [0.3, 0.4) is 0 Å². The average molecular weight is 233 g/mol. The molecule has 1 aliphatic carbocycles. The first-order chi connectivity index (χ1) is 8.16. The van der Waals surface area contributed by atoms with Gasteiger partial charge in [0.2, 0.25) is 0 Å². The molecule has 94 valence electrons. The van der Waals surface area contributed by atoms with Crippen molar-refractivity contribution in [2.45, 2.75) is 51.2 Å². The highest BCUT2D eigenvalue weighted by Gasteiger charge is 2.19. The fraction of sp³-hybridized carbons (Fsp3) is 0.600. The predicted molar refractivity (Wildman–Crippen MR) is 71.1 cm³/mol. The highest BCUT2D eigenvalue weighted by atomic mass is 16.5. The van der Waals surface area contributed by atoms with Crippen LogP contribution < -0.4 is 5.73 Å². The summed E-state index contributed by atoms with van der Waals surface area (Å²) in [6.07, 6.45) is 4.19. The lowest BCUT2D eigenvalue weighted by Gasteiger charge is -2.27. The van der Waals surface area contributed by atoms with Crippen LogP contribution in [0.4, 0.5) is 0 Å². The van der Waals surface area contributed by atoms with Crippen molar-refractivity contribution in [1.29, 1.82) is 0 Å². The van der Waals surface area contributed by atoms with E-state index >= 15 is 0 Å². The molecule has 0 radical (unpaired) electrons. The lowest BCUT2D eigenvalue weighted by molar-refractivity contribution is -0.00445. The van der Waals surface area contributed by atoms with Crippen LogP contribution >= 0.6 is 0 Å². The van der Waals surface area contributed by atoms with Gasteiger partial charge in [-0.05, 0) is 36.3 Å². The first-order valence-electron chi connectivity index (χ1n) is 6.64. The molecule has 0 spiro atoms. The molecule has 0 heterocycles. The van der Waals surface area contributed by atoms with Crippen LogP contribution in [0.2, 0.25) is 0 Å². The van der Waals surface area contributed by atoms with E-state index in [1.54, 1.807) is 0 Å². The van der Waals surface area contributed by atoms with E-state index in [-0.39, 0.29) is 6.04 Å². The number of rotatable bonds is 5. The second-order valence-corrected chi connectivity index (χ2v) is 5.31. The Morgan fingerprint density at radius 2 is 1.76 bits per heavy atom. The fourth-order valence-electron chi connectivity index (χ4n) is 2.00. The number of nitrogens with two attached hydrogens (primary N) is 1. The molecule has 0 saturated heterocycles. The van der Waals surface area contributed by atoms with Crippen molar-refractivity contribution in [3.63, 3.8) is 0 Å². The Morgan fingerprint density at radius 1 is 1.18 bits per heavy atom. The average Bonchev–Trinajstić information content (AvgIpc) is 2.27. The van der Waals surface area contributed by atoms with Gasteiger partial charge in [0.25, 0.3) is 0 Å². The molecule has 0 aromatic heterocycles. The molecular formula is C15H23NO. The molecule has 1 unspecified atom stereocenters. The van der Waals surface area contributed by atoms with Gasteiger partial charge in [0.1, 0.15) is 0 Å². The lowest BCUT2D eigenvalue weighted by Crippen LogP contribution is -2.26. The van der Waals surface area contributed by atoms with Crippen molar-refractivity contribution in [3.05, 3.63) is 35.4 Å². The molecule has 2 nitrogen and oxygen atoms in total. The maximum atomic E-state index is 6.12. The molecule has 0 amide bonds. The molecular weight excluding hydrogens is 210 g/mol. The smallest absolute Gasteiger partial charge is 0.0663 e. The van der Waals surface area contributed by atoms with Crippen molar-refractivity contribution in [1.82, 2.24) is 0 Å². The van der Waals surface area contributed by atoms with Gasteiger partial charge in [-0.1, -0.05) is 38.1 Å². The third-order valence-corrected chi connectivity index (χ3v) is 3.59. The van der Waals surface area contributed by atoms with E-state index in [4.69, 9.17) is 10.5 Å². The van der Waals surface area contributed by atoms with Gasteiger partial charge >= 0.3 is 0 Å². The van der Waals surface area contributed by atoms with Gasteiger partial charge in [-0.15, -0.1) is 0 Å². The van der Waals surface area contributed by atoms with Crippen molar-refractivity contribution < 1.29 is 4.74 Å².